The first-order valence-corrected chi connectivity index (χ1v) is 8.41. The Morgan fingerprint density at radius 1 is 1.19 bits per heavy atom. The fourth-order valence-corrected chi connectivity index (χ4v) is 2.95. The third kappa shape index (κ3) is 4.20. The predicted octanol–water partition coefficient (Wildman–Crippen LogP) is 4.86. The molecule has 1 aromatic carbocycles. The Hall–Kier alpha value is -1.08. The van der Waals surface area contributed by atoms with Crippen LogP contribution in [0.4, 0.5) is 17.3 Å². The Labute approximate surface area is 143 Å². The maximum Gasteiger partial charge on any atom is 0.139 e. The number of halogens is 2. The molecular formula is C15H18ClIN4. The van der Waals surface area contributed by atoms with Gasteiger partial charge in [-0.25, -0.2) is 9.97 Å². The van der Waals surface area contributed by atoms with Crippen molar-refractivity contribution in [2.24, 2.45) is 0 Å². The molecule has 0 fully saturated rings. The van der Waals surface area contributed by atoms with Crippen molar-refractivity contribution in [2.45, 2.75) is 26.7 Å². The zero-order chi connectivity index (χ0) is 15.2. The van der Waals surface area contributed by atoms with Gasteiger partial charge in [-0.1, -0.05) is 24.9 Å². The van der Waals surface area contributed by atoms with Gasteiger partial charge in [0.2, 0.25) is 0 Å². The molecule has 0 spiro atoms. The van der Waals surface area contributed by atoms with Crippen molar-refractivity contribution in [2.75, 3.05) is 17.2 Å². The van der Waals surface area contributed by atoms with E-state index in [0.717, 1.165) is 45.8 Å². The number of anilines is 3. The lowest BCUT2D eigenvalue weighted by Crippen LogP contribution is -2.08. The van der Waals surface area contributed by atoms with E-state index in [2.05, 4.69) is 57.0 Å². The topological polar surface area (TPSA) is 49.8 Å². The largest absolute Gasteiger partial charge is 0.370 e. The summed E-state index contributed by atoms with van der Waals surface area (Å²) in [6.07, 6.45) is 3.51. The lowest BCUT2D eigenvalue weighted by atomic mass is 10.1. The van der Waals surface area contributed by atoms with Crippen molar-refractivity contribution in [3.05, 3.63) is 38.7 Å². The van der Waals surface area contributed by atoms with Gasteiger partial charge in [0.1, 0.15) is 18.0 Å². The molecule has 2 N–H and O–H groups in total. The van der Waals surface area contributed by atoms with E-state index in [0.29, 0.717) is 5.02 Å². The standard InChI is InChI=1S/C15H18ClIN4/c1-3-5-11-14(18-4-2)19-9-20-15(11)21-13-7-6-10(17)8-12(13)16/h6-9H,3-5H2,1-2H3,(H2,18,19,20,21). The van der Waals surface area contributed by atoms with Crippen molar-refractivity contribution in [1.29, 1.82) is 0 Å². The van der Waals surface area contributed by atoms with Gasteiger partial charge in [-0.15, -0.1) is 0 Å². The molecule has 0 bridgehead atoms. The average Bonchev–Trinajstić information content (AvgIpc) is 2.45. The summed E-state index contributed by atoms with van der Waals surface area (Å²) in [7, 11) is 0. The highest BCUT2D eigenvalue weighted by molar-refractivity contribution is 14.1. The van der Waals surface area contributed by atoms with Gasteiger partial charge in [0.25, 0.3) is 0 Å². The van der Waals surface area contributed by atoms with Crippen LogP contribution in [0.2, 0.25) is 5.02 Å². The minimum atomic E-state index is 0.688. The molecular weight excluding hydrogens is 399 g/mol. The Balaban J connectivity index is 2.36. The van der Waals surface area contributed by atoms with Gasteiger partial charge in [-0.05, 0) is 54.1 Å². The van der Waals surface area contributed by atoms with Gasteiger partial charge in [0.15, 0.2) is 0 Å². The van der Waals surface area contributed by atoms with Crippen molar-refractivity contribution < 1.29 is 0 Å². The van der Waals surface area contributed by atoms with Crippen LogP contribution in [0.1, 0.15) is 25.8 Å². The van der Waals surface area contributed by atoms with Gasteiger partial charge in [0, 0.05) is 15.7 Å². The van der Waals surface area contributed by atoms with Gasteiger partial charge in [-0.2, -0.15) is 0 Å². The summed E-state index contributed by atoms with van der Waals surface area (Å²) in [5.74, 6) is 1.70. The highest BCUT2D eigenvalue weighted by Crippen LogP contribution is 2.29. The lowest BCUT2D eigenvalue weighted by molar-refractivity contribution is 0.902. The zero-order valence-electron chi connectivity index (χ0n) is 12.1. The van der Waals surface area contributed by atoms with E-state index in [1.807, 2.05) is 18.2 Å². The number of aromatic nitrogens is 2. The number of benzene rings is 1. The third-order valence-electron chi connectivity index (χ3n) is 2.97. The normalized spacial score (nSPS) is 10.5. The van der Waals surface area contributed by atoms with E-state index in [-0.39, 0.29) is 0 Å². The summed E-state index contributed by atoms with van der Waals surface area (Å²) >= 11 is 8.53. The second kappa shape index (κ2) is 7.79. The summed E-state index contributed by atoms with van der Waals surface area (Å²) in [6.45, 7) is 5.03. The van der Waals surface area contributed by atoms with Gasteiger partial charge in [0.05, 0.1) is 10.7 Å². The van der Waals surface area contributed by atoms with E-state index >= 15 is 0 Å². The van der Waals surface area contributed by atoms with Crippen molar-refractivity contribution in [3.63, 3.8) is 0 Å². The molecule has 4 nitrogen and oxygen atoms in total. The molecule has 0 aliphatic carbocycles. The van der Waals surface area contributed by atoms with Crippen LogP contribution in [0.25, 0.3) is 0 Å². The molecule has 0 saturated heterocycles. The molecule has 0 unspecified atom stereocenters. The van der Waals surface area contributed by atoms with E-state index in [9.17, 15) is 0 Å². The van der Waals surface area contributed by atoms with Gasteiger partial charge in [-0.3, -0.25) is 0 Å². The summed E-state index contributed by atoms with van der Waals surface area (Å²) in [4.78, 5) is 8.71. The third-order valence-corrected chi connectivity index (χ3v) is 3.96. The maximum absolute atomic E-state index is 6.28. The van der Waals surface area contributed by atoms with Crippen LogP contribution < -0.4 is 10.6 Å². The summed E-state index contributed by atoms with van der Waals surface area (Å²) in [5, 5.41) is 7.30. The number of nitrogens with one attached hydrogen (secondary N) is 2. The van der Waals surface area contributed by atoms with Crippen molar-refractivity contribution >= 4 is 51.5 Å². The number of nitrogens with zero attached hydrogens (tertiary/aromatic N) is 2. The Morgan fingerprint density at radius 2 is 1.95 bits per heavy atom. The Bertz CT molecular complexity index is 619. The smallest absolute Gasteiger partial charge is 0.139 e. The molecule has 2 rings (SSSR count). The van der Waals surface area contributed by atoms with Crippen LogP contribution >= 0.6 is 34.2 Å². The molecule has 21 heavy (non-hydrogen) atoms. The Morgan fingerprint density at radius 3 is 2.62 bits per heavy atom. The lowest BCUT2D eigenvalue weighted by Gasteiger charge is -2.15. The first-order chi connectivity index (χ1) is 10.2. The Kier molecular flexibility index (Phi) is 6.05. The maximum atomic E-state index is 6.28. The highest BCUT2D eigenvalue weighted by atomic mass is 127. The minimum absolute atomic E-state index is 0.688. The number of rotatable bonds is 6. The fourth-order valence-electron chi connectivity index (χ4n) is 2.05. The van der Waals surface area contributed by atoms with Crippen molar-refractivity contribution in [1.82, 2.24) is 9.97 Å². The van der Waals surface area contributed by atoms with E-state index in [1.165, 1.54) is 0 Å². The predicted molar refractivity (Wildman–Crippen MR) is 97.6 cm³/mol. The number of hydrogen-bond acceptors (Lipinski definition) is 4. The van der Waals surface area contributed by atoms with E-state index in [1.54, 1.807) is 6.33 Å². The molecule has 1 aromatic heterocycles. The van der Waals surface area contributed by atoms with Crippen LogP contribution in [0.3, 0.4) is 0 Å². The molecule has 2 aromatic rings. The van der Waals surface area contributed by atoms with E-state index in [4.69, 9.17) is 11.6 Å². The summed E-state index contributed by atoms with van der Waals surface area (Å²) < 4.78 is 1.10. The van der Waals surface area contributed by atoms with E-state index < -0.39 is 0 Å². The van der Waals surface area contributed by atoms with Crippen LogP contribution in [-0.4, -0.2) is 16.5 Å². The molecule has 112 valence electrons. The SMILES string of the molecule is CCCc1c(NCC)ncnc1Nc1ccc(I)cc1Cl. The van der Waals surface area contributed by atoms with Crippen LogP contribution in [-0.2, 0) is 6.42 Å². The van der Waals surface area contributed by atoms with Crippen molar-refractivity contribution in [3.8, 4) is 0 Å². The quantitative estimate of drug-likeness (QED) is 0.660. The fraction of sp³-hybridized carbons (Fsp3) is 0.333. The summed E-state index contributed by atoms with van der Waals surface area (Å²) in [6, 6.07) is 5.91. The van der Waals surface area contributed by atoms with Crippen LogP contribution in [0.15, 0.2) is 24.5 Å². The highest BCUT2D eigenvalue weighted by Gasteiger charge is 2.11. The molecule has 0 atom stereocenters. The average molecular weight is 417 g/mol. The minimum Gasteiger partial charge on any atom is -0.370 e. The van der Waals surface area contributed by atoms with Gasteiger partial charge >= 0.3 is 0 Å². The number of hydrogen-bond donors (Lipinski definition) is 2. The molecule has 1 heterocycles. The molecule has 0 saturated carbocycles. The second-order valence-corrected chi connectivity index (χ2v) is 6.23. The molecule has 0 aliphatic heterocycles. The van der Waals surface area contributed by atoms with Gasteiger partial charge < -0.3 is 10.6 Å². The second-order valence-electron chi connectivity index (χ2n) is 4.58. The first-order valence-electron chi connectivity index (χ1n) is 6.95. The van der Waals surface area contributed by atoms with Crippen LogP contribution in [0, 0.1) is 3.57 Å². The molecule has 0 aliphatic rings. The molecule has 0 amide bonds. The first kappa shape index (κ1) is 16.3. The molecule has 6 heteroatoms. The molecule has 0 radical (unpaired) electrons. The summed E-state index contributed by atoms with van der Waals surface area (Å²) in [5.41, 5.74) is 1.95. The monoisotopic (exact) mass is 416 g/mol. The van der Waals surface area contributed by atoms with Crippen LogP contribution in [0.5, 0.6) is 0 Å². The zero-order valence-corrected chi connectivity index (χ0v) is 15.0.